The van der Waals surface area contributed by atoms with Crippen molar-refractivity contribution in [1.82, 2.24) is 15.1 Å². The van der Waals surface area contributed by atoms with Gasteiger partial charge in [-0.05, 0) is 55.3 Å². The van der Waals surface area contributed by atoms with Gasteiger partial charge in [-0.25, -0.2) is 8.78 Å². The molecule has 1 saturated carbocycles. The van der Waals surface area contributed by atoms with Crippen molar-refractivity contribution < 1.29 is 18.0 Å². The summed E-state index contributed by atoms with van der Waals surface area (Å²) in [6.07, 6.45) is 1.68. The zero-order chi connectivity index (χ0) is 19.0. The number of halogens is 3. The summed E-state index contributed by atoms with van der Waals surface area (Å²) in [7, 11) is 0. The van der Waals surface area contributed by atoms with E-state index in [-0.39, 0.29) is 24.0 Å². The van der Waals surface area contributed by atoms with Crippen LogP contribution >= 0.6 is 11.6 Å². The van der Waals surface area contributed by atoms with Crippen molar-refractivity contribution in [2.45, 2.75) is 25.4 Å². The Labute approximate surface area is 158 Å². The molecule has 5 nitrogen and oxygen atoms in total. The van der Waals surface area contributed by atoms with Gasteiger partial charge in [0, 0.05) is 22.2 Å². The number of rotatable bonds is 5. The van der Waals surface area contributed by atoms with Crippen LogP contribution in [0.3, 0.4) is 0 Å². The second-order valence-electron chi connectivity index (χ2n) is 6.30. The average molecular weight is 390 g/mol. The fourth-order valence-electron chi connectivity index (χ4n) is 2.72. The van der Waals surface area contributed by atoms with Crippen molar-refractivity contribution in [3.8, 4) is 11.5 Å². The normalized spacial score (nSPS) is 13.6. The lowest BCUT2D eigenvalue weighted by molar-refractivity contribution is 0.0714. The molecule has 8 heteroatoms. The molecular formula is C19H14ClF2N3O2. The summed E-state index contributed by atoms with van der Waals surface area (Å²) in [6, 6.07) is 10.1. The van der Waals surface area contributed by atoms with E-state index in [1.165, 1.54) is 6.07 Å². The predicted molar refractivity (Wildman–Crippen MR) is 94.0 cm³/mol. The van der Waals surface area contributed by atoms with E-state index in [1.807, 2.05) is 0 Å². The Morgan fingerprint density at radius 2 is 1.85 bits per heavy atom. The molecular weight excluding hydrogens is 376 g/mol. The van der Waals surface area contributed by atoms with Crippen molar-refractivity contribution in [1.29, 1.82) is 0 Å². The number of carbonyl (C=O) groups excluding carboxylic acids is 1. The zero-order valence-electron chi connectivity index (χ0n) is 14.0. The lowest BCUT2D eigenvalue weighted by Crippen LogP contribution is -2.32. The number of carbonyl (C=O) groups is 1. The molecule has 0 spiro atoms. The second kappa shape index (κ2) is 7.08. The minimum absolute atomic E-state index is 0.0245. The Balaban J connectivity index is 1.54. The number of nitrogens with zero attached hydrogens (tertiary/aromatic N) is 3. The molecule has 0 radical (unpaired) electrons. The van der Waals surface area contributed by atoms with Gasteiger partial charge in [0.1, 0.15) is 0 Å². The number of benzene rings is 2. The number of aromatic nitrogens is 2. The monoisotopic (exact) mass is 389 g/mol. The van der Waals surface area contributed by atoms with Crippen LogP contribution in [0.2, 0.25) is 5.02 Å². The lowest BCUT2D eigenvalue weighted by atomic mass is 10.2. The van der Waals surface area contributed by atoms with E-state index in [4.69, 9.17) is 16.0 Å². The first-order valence-electron chi connectivity index (χ1n) is 8.35. The Morgan fingerprint density at radius 1 is 1.11 bits per heavy atom. The summed E-state index contributed by atoms with van der Waals surface area (Å²) in [5, 5.41) is 8.59. The third-order valence-corrected chi connectivity index (χ3v) is 4.53. The molecule has 1 aromatic heterocycles. The fraction of sp³-hybridized carbons (Fsp3) is 0.211. The highest BCUT2D eigenvalue weighted by Gasteiger charge is 2.34. The van der Waals surface area contributed by atoms with Crippen LogP contribution in [-0.4, -0.2) is 27.0 Å². The Morgan fingerprint density at radius 3 is 2.52 bits per heavy atom. The van der Waals surface area contributed by atoms with Crippen LogP contribution in [0, 0.1) is 11.6 Å². The SMILES string of the molecule is O=C(c1ccc(F)c(F)c1)N(Cc1nnc(-c2ccc(Cl)cc2)o1)C1CC1. The highest BCUT2D eigenvalue weighted by atomic mass is 35.5. The van der Waals surface area contributed by atoms with E-state index in [9.17, 15) is 13.6 Å². The number of hydrogen-bond donors (Lipinski definition) is 0. The first-order chi connectivity index (χ1) is 13.0. The molecule has 1 aliphatic rings. The maximum absolute atomic E-state index is 13.5. The van der Waals surface area contributed by atoms with E-state index in [2.05, 4.69) is 10.2 Å². The molecule has 1 aliphatic carbocycles. The van der Waals surface area contributed by atoms with Gasteiger partial charge in [0.05, 0.1) is 6.54 Å². The summed E-state index contributed by atoms with van der Waals surface area (Å²) in [4.78, 5) is 14.3. The van der Waals surface area contributed by atoms with Crippen LogP contribution in [0.4, 0.5) is 8.78 Å². The topological polar surface area (TPSA) is 59.2 Å². The van der Waals surface area contributed by atoms with Gasteiger partial charge in [-0.15, -0.1) is 10.2 Å². The molecule has 138 valence electrons. The van der Waals surface area contributed by atoms with Crippen molar-refractivity contribution in [2.24, 2.45) is 0 Å². The van der Waals surface area contributed by atoms with Crippen molar-refractivity contribution >= 4 is 17.5 Å². The van der Waals surface area contributed by atoms with Gasteiger partial charge in [-0.3, -0.25) is 4.79 Å². The molecule has 0 unspecified atom stereocenters. The molecule has 0 aliphatic heterocycles. The minimum Gasteiger partial charge on any atom is -0.419 e. The molecule has 0 bridgehead atoms. The van der Waals surface area contributed by atoms with Crippen LogP contribution < -0.4 is 0 Å². The summed E-state index contributed by atoms with van der Waals surface area (Å²) >= 11 is 5.87. The highest BCUT2D eigenvalue weighted by molar-refractivity contribution is 6.30. The highest BCUT2D eigenvalue weighted by Crippen LogP contribution is 2.30. The Bertz CT molecular complexity index is 987. The zero-order valence-corrected chi connectivity index (χ0v) is 14.8. The molecule has 2 aromatic carbocycles. The standard InChI is InChI=1S/C19H14ClF2N3O2/c20-13-4-1-11(2-5-13)18-24-23-17(27-18)10-25(14-6-7-14)19(26)12-3-8-15(21)16(22)9-12/h1-5,8-9,14H,6-7,10H2. The summed E-state index contributed by atoms with van der Waals surface area (Å²) in [5.41, 5.74) is 0.793. The van der Waals surface area contributed by atoms with E-state index in [0.29, 0.717) is 16.5 Å². The quantitative estimate of drug-likeness (QED) is 0.645. The van der Waals surface area contributed by atoms with Gasteiger partial charge in [0.25, 0.3) is 5.91 Å². The van der Waals surface area contributed by atoms with Crippen molar-refractivity contribution in [3.63, 3.8) is 0 Å². The van der Waals surface area contributed by atoms with Crippen LogP contribution in [0.25, 0.3) is 11.5 Å². The van der Waals surface area contributed by atoms with Crippen molar-refractivity contribution in [3.05, 3.63) is 70.6 Å². The molecule has 0 N–H and O–H groups in total. The predicted octanol–water partition coefficient (Wildman–Crippen LogP) is 4.47. The van der Waals surface area contributed by atoms with Gasteiger partial charge in [-0.2, -0.15) is 0 Å². The summed E-state index contributed by atoms with van der Waals surface area (Å²) in [6.45, 7) is 0.100. The van der Waals surface area contributed by atoms with E-state index < -0.39 is 17.5 Å². The first-order valence-corrected chi connectivity index (χ1v) is 8.73. The fourth-order valence-corrected chi connectivity index (χ4v) is 2.85. The third kappa shape index (κ3) is 3.83. The van der Waals surface area contributed by atoms with Gasteiger partial charge in [0.15, 0.2) is 11.6 Å². The molecule has 0 atom stereocenters. The van der Waals surface area contributed by atoms with Crippen LogP contribution in [0.1, 0.15) is 29.1 Å². The maximum atomic E-state index is 13.5. The smallest absolute Gasteiger partial charge is 0.254 e. The molecule has 0 saturated heterocycles. The molecule has 1 heterocycles. The minimum atomic E-state index is -1.06. The number of amides is 1. The van der Waals surface area contributed by atoms with Gasteiger partial charge in [0.2, 0.25) is 11.8 Å². The molecule has 1 fully saturated rings. The third-order valence-electron chi connectivity index (χ3n) is 4.28. The van der Waals surface area contributed by atoms with Gasteiger partial charge in [-0.1, -0.05) is 11.6 Å². The number of hydrogen-bond acceptors (Lipinski definition) is 4. The summed E-state index contributed by atoms with van der Waals surface area (Å²) in [5.74, 6) is -1.86. The molecule has 4 rings (SSSR count). The van der Waals surface area contributed by atoms with Crippen molar-refractivity contribution in [2.75, 3.05) is 0 Å². The lowest BCUT2D eigenvalue weighted by Gasteiger charge is -2.20. The van der Waals surface area contributed by atoms with Crippen LogP contribution in [-0.2, 0) is 6.54 Å². The second-order valence-corrected chi connectivity index (χ2v) is 6.74. The van der Waals surface area contributed by atoms with Gasteiger partial charge >= 0.3 is 0 Å². The van der Waals surface area contributed by atoms with Crippen LogP contribution in [0.15, 0.2) is 46.9 Å². The molecule has 27 heavy (non-hydrogen) atoms. The average Bonchev–Trinajstić information content (AvgIpc) is 3.40. The van der Waals surface area contributed by atoms with Gasteiger partial charge < -0.3 is 9.32 Å². The van der Waals surface area contributed by atoms with Crippen LogP contribution in [0.5, 0.6) is 0 Å². The Hall–Kier alpha value is -2.80. The van der Waals surface area contributed by atoms with E-state index in [1.54, 1.807) is 29.2 Å². The largest absolute Gasteiger partial charge is 0.419 e. The molecule has 3 aromatic rings. The summed E-state index contributed by atoms with van der Waals surface area (Å²) < 4.78 is 32.3. The first kappa shape index (κ1) is 17.6. The van der Waals surface area contributed by atoms with E-state index >= 15 is 0 Å². The maximum Gasteiger partial charge on any atom is 0.254 e. The van der Waals surface area contributed by atoms with E-state index in [0.717, 1.165) is 25.0 Å². The Kier molecular flexibility index (Phi) is 4.61. The molecule has 1 amide bonds.